The summed E-state index contributed by atoms with van der Waals surface area (Å²) in [7, 11) is 1.54. The number of carbonyl (C=O) groups excluding carboxylic acids is 1. The van der Waals surface area contributed by atoms with Gasteiger partial charge in [-0.15, -0.1) is 0 Å². The predicted molar refractivity (Wildman–Crippen MR) is 83.5 cm³/mol. The van der Waals surface area contributed by atoms with Gasteiger partial charge in [0.1, 0.15) is 0 Å². The van der Waals surface area contributed by atoms with Crippen LogP contribution in [0, 0.1) is 5.41 Å². The molecule has 2 fully saturated rings. The van der Waals surface area contributed by atoms with E-state index in [0.717, 1.165) is 19.5 Å². The molecule has 2 heterocycles. The molecule has 1 saturated heterocycles. The highest BCUT2D eigenvalue weighted by atomic mass is 19.4. The van der Waals surface area contributed by atoms with E-state index in [4.69, 9.17) is 0 Å². The van der Waals surface area contributed by atoms with Gasteiger partial charge in [-0.05, 0) is 61.4 Å². The summed E-state index contributed by atoms with van der Waals surface area (Å²) in [5.74, 6) is -0.315. The van der Waals surface area contributed by atoms with Crippen LogP contribution in [0.15, 0.2) is 12.1 Å². The van der Waals surface area contributed by atoms with Crippen LogP contribution in [0.25, 0.3) is 0 Å². The average Bonchev–Trinajstić information content (AvgIpc) is 3.03. The molecule has 1 aliphatic carbocycles. The first kappa shape index (κ1) is 15.9. The number of carbonyl (C=O) groups is 1. The van der Waals surface area contributed by atoms with Crippen LogP contribution in [-0.2, 0) is 12.7 Å². The first-order chi connectivity index (χ1) is 11.2. The van der Waals surface area contributed by atoms with Gasteiger partial charge in [-0.1, -0.05) is 0 Å². The Hall–Kier alpha value is -1.56. The van der Waals surface area contributed by atoms with E-state index in [1.54, 1.807) is 13.1 Å². The number of rotatable bonds is 2. The Morgan fingerprint density at radius 1 is 1.21 bits per heavy atom. The quantitative estimate of drug-likeness (QED) is 0.818. The van der Waals surface area contributed by atoms with Crippen molar-refractivity contribution in [1.29, 1.82) is 0 Å². The monoisotopic (exact) mass is 338 g/mol. The van der Waals surface area contributed by atoms with Gasteiger partial charge < -0.3 is 4.90 Å². The van der Waals surface area contributed by atoms with Gasteiger partial charge in [0.2, 0.25) is 0 Å². The minimum Gasteiger partial charge on any atom is -0.337 e. The third-order valence-corrected chi connectivity index (χ3v) is 6.01. The number of benzene rings is 1. The molecule has 0 aromatic heterocycles. The molecule has 1 atom stereocenters. The number of amides is 1. The van der Waals surface area contributed by atoms with E-state index in [1.165, 1.54) is 23.8 Å². The summed E-state index contributed by atoms with van der Waals surface area (Å²) in [6, 6.07) is 2.84. The number of hydrogen-bond acceptors (Lipinski definition) is 2. The van der Waals surface area contributed by atoms with Crippen LogP contribution in [0.2, 0.25) is 0 Å². The van der Waals surface area contributed by atoms with Crippen LogP contribution < -0.4 is 0 Å². The van der Waals surface area contributed by atoms with Gasteiger partial charge in [-0.2, -0.15) is 13.2 Å². The van der Waals surface area contributed by atoms with Gasteiger partial charge in [-0.3, -0.25) is 9.69 Å². The lowest BCUT2D eigenvalue weighted by atomic mass is 9.95. The normalized spacial score (nSPS) is 23.9. The molecule has 24 heavy (non-hydrogen) atoms. The van der Waals surface area contributed by atoms with Crippen molar-refractivity contribution in [1.82, 2.24) is 9.80 Å². The van der Waals surface area contributed by atoms with Crippen molar-refractivity contribution in [2.75, 3.05) is 20.1 Å². The van der Waals surface area contributed by atoms with Gasteiger partial charge in [0.15, 0.2) is 0 Å². The van der Waals surface area contributed by atoms with E-state index < -0.39 is 11.7 Å². The molecule has 1 aromatic rings. The fourth-order valence-corrected chi connectivity index (χ4v) is 4.16. The van der Waals surface area contributed by atoms with Crippen molar-refractivity contribution in [3.05, 3.63) is 34.4 Å². The average molecular weight is 338 g/mol. The number of halogens is 3. The zero-order valence-corrected chi connectivity index (χ0v) is 13.9. The van der Waals surface area contributed by atoms with E-state index >= 15 is 0 Å². The Balaban J connectivity index is 1.72. The summed E-state index contributed by atoms with van der Waals surface area (Å²) in [6.07, 6.45) is -0.834. The second-order valence-corrected chi connectivity index (χ2v) is 7.65. The predicted octanol–water partition coefficient (Wildman–Crippen LogP) is 3.84. The molecule has 2 aliphatic heterocycles. The Kier molecular flexibility index (Phi) is 3.30. The topological polar surface area (TPSA) is 23.6 Å². The van der Waals surface area contributed by atoms with Crippen LogP contribution >= 0.6 is 0 Å². The first-order valence-electron chi connectivity index (χ1n) is 8.44. The lowest BCUT2D eigenvalue weighted by molar-refractivity contribution is -0.138. The molecule has 4 rings (SSSR count). The van der Waals surface area contributed by atoms with Crippen LogP contribution in [0.4, 0.5) is 13.2 Å². The summed E-state index contributed by atoms with van der Waals surface area (Å²) in [6.45, 7) is 3.87. The Labute approximate surface area is 139 Å². The Bertz CT molecular complexity index is 709. The molecular formula is C18H21F3N2O. The molecule has 0 radical (unpaired) electrons. The number of likely N-dealkylation sites (tertiary alicyclic amines) is 1. The number of alkyl halides is 3. The fraction of sp³-hybridized carbons (Fsp3) is 0.611. The summed E-state index contributed by atoms with van der Waals surface area (Å²) < 4.78 is 40.5. The molecule has 1 spiro atoms. The molecule has 0 N–H and O–H groups in total. The van der Waals surface area contributed by atoms with E-state index in [9.17, 15) is 18.0 Å². The Morgan fingerprint density at radius 2 is 1.92 bits per heavy atom. The van der Waals surface area contributed by atoms with Crippen molar-refractivity contribution in [3.63, 3.8) is 0 Å². The van der Waals surface area contributed by atoms with Crippen molar-refractivity contribution in [2.45, 2.75) is 44.9 Å². The zero-order valence-electron chi connectivity index (χ0n) is 13.9. The second kappa shape index (κ2) is 4.97. The van der Waals surface area contributed by atoms with E-state index in [-0.39, 0.29) is 29.6 Å². The number of fused-ring (bicyclic) bond motifs is 1. The van der Waals surface area contributed by atoms with Crippen LogP contribution in [0.3, 0.4) is 0 Å². The highest BCUT2D eigenvalue weighted by Gasteiger charge is 2.48. The van der Waals surface area contributed by atoms with E-state index in [2.05, 4.69) is 4.90 Å². The van der Waals surface area contributed by atoms with Gasteiger partial charge in [0.05, 0.1) is 5.56 Å². The molecule has 6 heteroatoms. The zero-order chi connectivity index (χ0) is 17.3. The summed E-state index contributed by atoms with van der Waals surface area (Å²) >= 11 is 0. The summed E-state index contributed by atoms with van der Waals surface area (Å²) in [5.41, 5.74) is 0.705. The lowest BCUT2D eigenvalue weighted by Crippen LogP contribution is -2.25. The standard InChI is InChI=1S/C18H21F3N2O/c1-11(23-6-5-17(10-23)3-4-17)12-7-13-14(9-22(2)16(13)24)15(8-12)18(19,20)21/h7-8,11H,3-6,9-10H2,1-2H3. The van der Waals surface area contributed by atoms with Crippen molar-refractivity contribution in [3.8, 4) is 0 Å². The molecule has 1 unspecified atom stereocenters. The molecule has 1 saturated carbocycles. The second-order valence-electron chi connectivity index (χ2n) is 7.65. The maximum Gasteiger partial charge on any atom is 0.416 e. The molecule has 1 aromatic carbocycles. The third kappa shape index (κ3) is 2.42. The highest BCUT2D eigenvalue weighted by Crippen LogP contribution is 2.54. The minimum atomic E-state index is -4.44. The SMILES string of the molecule is CC(c1cc2c(c(C(F)(F)F)c1)CN(C)C2=O)N1CCC2(CC2)C1. The summed E-state index contributed by atoms with van der Waals surface area (Å²) in [5, 5.41) is 0. The maximum absolute atomic E-state index is 13.5. The van der Waals surface area contributed by atoms with E-state index in [1.807, 2.05) is 6.92 Å². The molecule has 3 nitrogen and oxygen atoms in total. The van der Waals surface area contributed by atoms with Crippen molar-refractivity contribution in [2.24, 2.45) is 5.41 Å². The molecule has 3 aliphatic rings. The third-order valence-electron chi connectivity index (χ3n) is 6.01. The first-order valence-corrected chi connectivity index (χ1v) is 8.44. The van der Waals surface area contributed by atoms with Crippen LogP contribution in [-0.4, -0.2) is 35.8 Å². The smallest absolute Gasteiger partial charge is 0.337 e. The van der Waals surface area contributed by atoms with Gasteiger partial charge in [0.25, 0.3) is 5.91 Å². The molecule has 0 bridgehead atoms. The van der Waals surface area contributed by atoms with E-state index in [0.29, 0.717) is 11.0 Å². The Morgan fingerprint density at radius 3 is 2.50 bits per heavy atom. The molecule has 1 amide bonds. The highest BCUT2D eigenvalue weighted by molar-refractivity contribution is 5.98. The summed E-state index contributed by atoms with van der Waals surface area (Å²) in [4.78, 5) is 15.8. The van der Waals surface area contributed by atoms with Crippen molar-refractivity contribution < 1.29 is 18.0 Å². The maximum atomic E-state index is 13.5. The minimum absolute atomic E-state index is 0.0322. The molecule has 130 valence electrons. The van der Waals surface area contributed by atoms with Crippen LogP contribution in [0.1, 0.15) is 59.3 Å². The van der Waals surface area contributed by atoms with Gasteiger partial charge >= 0.3 is 6.18 Å². The largest absolute Gasteiger partial charge is 0.416 e. The van der Waals surface area contributed by atoms with Crippen LogP contribution in [0.5, 0.6) is 0 Å². The van der Waals surface area contributed by atoms with Gasteiger partial charge in [0, 0.05) is 31.7 Å². The molecular weight excluding hydrogens is 317 g/mol. The fourth-order valence-electron chi connectivity index (χ4n) is 4.16. The van der Waals surface area contributed by atoms with Gasteiger partial charge in [-0.25, -0.2) is 0 Å². The number of nitrogens with zero attached hydrogens (tertiary/aromatic N) is 2. The number of hydrogen-bond donors (Lipinski definition) is 0. The van der Waals surface area contributed by atoms with Crippen molar-refractivity contribution >= 4 is 5.91 Å². The lowest BCUT2D eigenvalue weighted by Gasteiger charge is -2.26.